The zero-order valence-electron chi connectivity index (χ0n) is 17.4. The largest absolute Gasteiger partial charge is 0.457 e. The molecule has 7 heteroatoms. The summed E-state index contributed by atoms with van der Waals surface area (Å²) >= 11 is 0. The van der Waals surface area contributed by atoms with Crippen LogP contribution in [0.2, 0.25) is 0 Å². The average molecular weight is 422 g/mol. The lowest BCUT2D eigenvalue weighted by molar-refractivity contribution is -0.123. The van der Waals surface area contributed by atoms with Gasteiger partial charge in [0.05, 0.1) is 25.3 Å². The van der Waals surface area contributed by atoms with Crippen molar-refractivity contribution in [3.05, 3.63) is 59.7 Å². The molecule has 2 aliphatic heterocycles. The predicted molar refractivity (Wildman–Crippen MR) is 113 cm³/mol. The van der Waals surface area contributed by atoms with Crippen LogP contribution in [0.3, 0.4) is 0 Å². The minimum atomic E-state index is -0.264. The molecule has 1 aliphatic carbocycles. The third-order valence-electron chi connectivity index (χ3n) is 5.97. The summed E-state index contributed by atoms with van der Waals surface area (Å²) in [7, 11) is 0. The molecule has 1 saturated carbocycles. The third-order valence-corrected chi connectivity index (χ3v) is 5.97. The first-order valence-corrected chi connectivity index (χ1v) is 10.8. The third kappa shape index (κ3) is 4.43. The van der Waals surface area contributed by atoms with Crippen LogP contribution in [0.5, 0.6) is 11.5 Å². The lowest BCUT2D eigenvalue weighted by Crippen LogP contribution is -2.47. The fourth-order valence-corrected chi connectivity index (χ4v) is 4.16. The van der Waals surface area contributed by atoms with E-state index >= 15 is 0 Å². The lowest BCUT2D eigenvalue weighted by Gasteiger charge is -2.18. The van der Waals surface area contributed by atoms with Crippen molar-refractivity contribution < 1.29 is 23.8 Å². The highest BCUT2D eigenvalue weighted by Crippen LogP contribution is 2.31. The van der Waals surface area contributed by atoms with Gasteiger partial charge < -0.3 is 24.8 Å². The standard InChI is InChI=1S/C24H26N2O5/c1-14-4-2-6-17(10-14)31-18-7-3-5-16(11-18)24(28)26-20-13-30-21-19(12-29-22(20)21)25-23(27)15-8-9-15/h2-7,10-11,15,19-22H,8-9,12-13H2,1H3,(H,25,27)(H,26,28). The maximum absolute atomic E-state index is 12.9. The van der Waals surface area contributed by atoms with Crippen molar-refractivity contribution in [2.75, 3.05) is 13.2 Å². The Morgan fingerprint density at radius 3 is 2.23 bits per heavy atom. The maximum atomic E-state index is 12.9. The Balaban J connectivity index is 1.20. The topological polar surface area (TPSA) is 85.9 Å². The van der Waals surface area contributed by atoms with Crippen molar-refractivity contribution in [3.63, 3.8) is 0 Å². The zero-order chi connectivity index (χ0) is 21.4. The van der Waals surface area contributed by atoms with Gasteiger partial charge in [-0.05, 0) is 55.7 Å². The van der Waals surface area contributed by atoms with Crippen molar-refractivity contribution >= 4 is 11.8 Å². The van der Waals surface area contributed by atoms with Gasteiger partial charge in [-0.3, -0.25) is 9.59 Å². The molecule has 4 unspecified atom stereocenters. The van der Waals surface area contributed by atoms with Crippen LogP contribution in [0.25, 0.3) is 0 Å². The minimum Gasteiger partial charge on any atom is -0.457 e. The van der Waals surface area contributed by atoms with E-state index in [0.29, 0.717) is 24.5 Å². The van der Waals surface area contributed by atoms with Gasteiger partial charge in [0.1, 0.15) is 23.7 Å². The number of fused-ring (bicyclic) bond motifs is 1. The summed E-state index contributed by atoms with van der Waals surface area (Å²) in [5.41, 5.74) is 1.61. The van der Waals surface area contributed by atoms with Crippen molar-refractivity contribution in [3.8, 4) is 11.5 Å². The van der Waals surface area contributed by atoms with Crippen LogP contribution in [0.15, 0.2) is 48.5 Å². The zero-order valence-corrected chi connectivity index (χ0v) is 17.4. The number of hydrogen-bond donors (Lipinski definition) is 2. The van der Waals surface area contributed by atoms with E-state index in [2.05, 4.69) is 10.6 Å². The number of rotatable bonds is 6. The molecule has 2 saturated heterocycles. The lowest BCUT2D eigenvalue weighted by atomic mass is 10.1. The Morgan fingerprint density at radius 2 is 1.55 bits per heavy atom. The van der Waals surface area contributed by atoms with Crippen molar-refractivity contribution in [1.82, 2.24) is 10.6 Å². The molecule has 0 spiro atoms. The molecule has 3 fully saturated rings. The number of benzene rings is 2. The van der Waals surface area contributed by atoms with Crippen LogP contribution in [-0.4, -0.2) is 49.3 Å². The summed E-state index contributed by atoms with van der Waals surface area (Å²) in [5.74, 6) is 1.33. The predicted octanol–water partition coefficient (Wildman–Crippen LogP) is 2.58. The first kappa shape index (κ1) is 20.0. The molecule has 0 bridgehead atoms. The fourth-order valence-electron chi connectivity index (χ4n) is 4.16. The Bertz CT molecular complexity index is 989. The second kappa shape index (κ2) is 8.32. The number of hydrogen-bond acceptors (Lipinski definition) is 5. The molecule has 2 heterocycles. The molecule has 2 N–H and O–H groups in total. The van der Waals surface area contributed by atoms with Gasteiger partial charge in [-0.25, -0.2) is 0 Å². The Kier molecular flexibility index (Phi) is 5.38. The van der Waals surface area contributed by atoms with Crippen LogP contribution in [0.1, 0.15) is 28.8 Å². The normalized spacial score (nSPS) is 26.9. The molecule has 2 amide bonds. The maximum Gasteiger partial charge on any atom is 0.251 e. The van der Waals surface area contributed by atoms with E-state index in [1.807, 2.05) is 37.3 Å². The van der Waals surface area contributed by atoms with E-state index in [-0.39, 0.29) is 42.0 Å². The van der Waals surface area contributed by atoms with Gasteiger partial charge in [0, 0.05) is 11.5 Å². The number of aryl methyl sites for hydroxylation is 1. The van der Waals surface area contributed by atoms with Crippen molar-refractivity contribution in [1.29, 1.82) is 0 Å². The van der Waals surface area contributed by atoms with Gasteiger partial charge in [-0.15, -0.1) is 0 Å². The van der Waals surface area contributed by atoms with E-state index in [1.165, 1.54) is 0 Å². The molecular formula is C24H26N2O5. The van der Waals surface area contributed by atoms with Gasteiger partial charge in [0.15, 0.2) is 0 Å². The monoisotopic (exact) mass is 422 g/mol. The number of amides is 2. The van der Waals surface area contributed by atoms with Gasteiger partial charge in [0.25, 0.3) is 5.91 Å². The van der Waals surface area contributed by atoms with Gasteiger partial charge in [-0.2, -0.15) is 0 Å². The van der Waals surface area contributed by atoms with Crippen LogP contribution in [-0.2, 0) is 14.3 Å². The summed E-state index contributed by atoms with van der Waals surface area (Å²) in [6.45, 7) is 2.76. The summed E-state index contributed by atoms with van der Waals surface area (Å²) in [6, 6.07) is 14.4. The highest BCUT2D eigenvalue weighted by Gasteiger charge is 2.49. The van der Waals surface area contributed by atoms with E-state index in [1.54, 1.807) is 18.2 Å². The van der Waals surface area contributed by atoms with Crippen molar-refractivity contribution in [2.24, 2.45) is 5.92 Å². The van der Waals surface area contributed by atoms with E-state index in [4.69, 9.17) is 14.2 Å². The molecule has 0 aromatic heterocycles. The minimum absolute atomic E-state index is 0.0794. The molecule has 162 valence electrons. The summed E-state index contributed by atoms with van der Waals surface area (Å²) in [5, 5.41) is 6.05. The Hall–Kier alpha value is -2.90. The van der Waals surface area contributed by atoms with Crippen LogP contribution in [0.4, 0.5) is 0 Å². The second-order valence-corrected chi connectivity index (χ2v) is 8.51. The van der Waals surface area contributed by atoms with Gasteiger partial charge in [0.2, 0.25) is 5.91 Å². The van der Waals surface area contributed by atoms with Crippen LogP contribution in [0, 0.1) is 12.8 Å². The molecule has 4 atom stereocenters. The number of carbonyl (C=O) groups is 2. The number of nitrogens with one attached hydrogen (secondary N) is 2. The molecular weight excluding hydrogens is 396 g/mol. The molecule has 7 nitrogen and oxygen atoms in total. The SMILES string of the molecule is Cc1cccc(Oc2cccc(C(=O)NC3COC4C(NC(=O)C5CC5)COC34)c2)c1. The van der Waals surface area contributed by atoms with Gasteiger partial charge >= 0.3 is 0 Å². The fraction of sp³-hybridized carbons (Fsp3) is 0.417. The molecule has 5 rings (SSSR count). The highest BCUT2D eigenvalue weighted by atomic mass is 16.6. The quantitative estimate of drug-likeness (QED) is 0.747. The Labute approximate surface area is 181 Å². The summed E-state index contributed by atoms with van der Waals surface area (Å²) < 4.78 is 17.6. The molecule has 31 heavy (non-hydrogen) atoms. The first-order valence-electron chi connectivity index (χ1n) is 10.8. The smallest absolute Gasteiger partial charge is 0.251 e. The number of ether oxygens (including phenoxy) is 3. The van der Waals surface area contributed by atoms with Crippen LogP contribution < -0.4 is 15.4 Å². The highest BCUT2D eigenvalue weighted by molar-refractivity contribution is 5.94. The first-order chi connectivity index (χ1) is 15.1. The Morgan fingerprint density at radius 1 is 0.903 bits per heavy atom. The average Bonchev–Trinajstić information content (AvgIpc) is 3.43. The number of carbonyl (C=O) groups excluding carboxylic acids is 2. The van der Waals surface area contributed by atoms with Crippen molar-refractivity contribution in [2.45, 2.75) is 44.1 Å². The van der Waals surface area contributed by atoms with E-state index in [0.717, 1.165) is 24.2 Å². The molecule has 3 aliphatic rings. The van der Waals surface area contributed by atoms with Crippen LogP contribution >= 0.6 is 0 Å². The summed E-state index contributed by atoms with van der Waals surface area (Å²) in [6.07, 6.45) is 1.42. The second-order valence-electron chi connectivity index (χ2n) is 8.51. The summed E-state index contributed by atoms with van der Waals surface area (Å²) in [4.78, 5) is 24.9. The molecule has 2 aromatic carbocycles. The van der Waals surface area contributed by atoms with E-state index < -0.39 is 0 Å². The van der Waals surface area contributed by atoms with E-state index in [9.17, 15) is 9.59 Å². The van der Waals surface area contributed by atoms with Gasteiger partial charge in [-0.1, -0.05) is 18.2 Å². The molecule has 2 aromatic rings. The molecule has 0 radical (unpaired) electrons.